The van der Waals surface area contributed by atoms with E-state index in [1.807, 2.05) is 5.32 Å². The Kier molecular flexibility index (Phi) is 5.34. The Morgan fingerprint density at radius 1 is 1.09 bits per heavy atom. The summed E-state index contributed by atoms with van der Waals surface area (Å²) in [6.07, 6.45) is -3.24. The number of Topliss-reactive ketones (excluding diaryl/α,β-unsaturated/α-hetero) is 1. The van der Waals surface area contributed by atoms with Crippen LogP contribution in [0.3, 0.4) is 0 Å². The van der Waals surface area contributed by atoms with Gasteiger partial charge in [0, 0.05) is 17.9 Å². The summed E-state index contributed by atoms with van der Waals surface area (Å²) >= 11 is 0. The molecule has 10 heteroatoms. The second kappa shape index (κ2) is 7.75. The predicted molar refractivity (Wildman–Crippen MR) is 107 cm³/mol. The first-order valence-electron chi connectivity index (χ1n) is 10.3. The quantitative estimate of drug-likeness (QED) is 0.411. The highest BCUT2D eigenvalue weighted by Crippen LogP contribution is 2.48. The van der Waals surface area contributed by atoms with Gasteiger partial charge in [-0.25, -0.2) is 4.39 Å². The Hall–Kier alpha value is -3.17. The number of carbonyl (C=O) groups excluding carboxylic acids is 3. The van der Waals surface area contributed by atoms with E-state index in [0.29, 0.717) is 36.3 Å². The van der Waals surface area contributed by atoms with Gasteiger partial charge in [-0.15, -0.1) is 0 Å². The van der Waals surface area contributed by atoms with Crippen molar-refractivity contribution in [1.82, 2.24) is 9.88 Å². The molecule has 1 fully saturated rings. The number of nitrogens with one attached hydrogen (secondary N) is 2. The van der Waals surface area contributed by atoms with Crippen LogP contribution >= 0.6 is 0 Å². The standard InChI is InChI=1S/C22H21F4N3O3/c1-12-10-13(5-6-15(12)23)27-19(31)14-11-17(29-9-3-2-4-16(14)29)18(30)20(32)28-21(7-8-21)22(24,25)26/h5-6,10-11H,2-4,7-9H2,1H3,(H,27,31)(H,28,32). The van der Waals surface area contributed by atoms with Crippen LogP contribution in [0.2, 0.25) is 0 Å². The first-order chi connectivity index (χ1) is 15.0. The van der Waals surface area contributed by atoms with E-state index < -0.39 is 35.1 Å². The number of anilines is 1. The number of nitrogens with zero attached hydrogens (tertiary/aromatic N) is 1. The maximum absolute atomic E-state index is 13.5. The molecule has 2 heterocycles. The lowest BCUT2D eigenvalue weighted by atomic mass is 10.1. The molecule has 2 N–H and O–H groups in total. The first kappa shape index (κ1) is 22.0. The van der Waals surface area contributed by atoms with Gasteiger partial charge >= 0.3 is 6.18 Å². The second-order valence-electron chi connectivity index (χ2n) is 8.28. The number of amides is 2. The Labute approximate surface area is 181 Å². The summed E-state index contributed by atoms with van der Waals surface area (Å²) in [6, 6.07) is 5.32. The zero-order valence-corrected chi connectivity index (χ0v) is 17.2. The second-order valence-corrected chi connectivity index (χ2v) is 8.28. The molecule has 0 spiro atoms. The molecule has 0 unspecified atom stereocenters. The topological polar surface area (TPSA) is 80.2 Å². The molecular formula is C22H21F4N3O3. The minimum Gasteiger partial charge on any atom is -0.341 e. The van der Waals surface area contributed by atoms with Crippen LogP contribution in [-0.2, 0) is 17.8 Å². The minimum absolute atomic E-state index is 0.115. The molecule has 2 amide bonds. The largest absolute Gasteiger partial charge is 0.411 e. The lowest BCUT2D eigenvalue weighted by Crippen LogP contribution is -2.50. The summed E-state index contributed by atoms with van der Waals surface area (Å²) in [5.41, 5.74) is -1.06. The van der Waals surface area contributed by atoms with Crippen LogP contribution in [0, 0.1) is 12.7 Å². The van der Waals surface area contributed by atoms with Crippen molar-refractivity contribution in [3.8, 4) is 0 Å². The maximum atomic E-state index is 13.5. The molecule has 170 valence electrons. The van der Waals surface area contributed by atoms with Gasteiger partial charge < -0.3 is 15.2 Å². The van der Waals surface area contributed by atoms with Crippen molar-refractivity contribution in [2.75, 3.05) is 5.32 Å². The number of hydrogen-bond acceptors (Lipinski definition) is 3. The number of ketones is 1. The predicted octanol–water partition coefficient (Wildman–Crippen LogP) is 3.92. The fourth-order valence-corrected chi connectivity index (χ4v) is 3.98. The number of rotatable bonds is 5. The molecule has 32 heavy (non-hydrogen) atoms. The summed E-state index contributed by atoms with van der Waals surface area (Å²) in [5.74, 6) is -3.42. The molecule has 4 rings (SSSR count). The van der Waals surface area contributed by atoms with E-state index in [0.717, 1.165) is 6.42 Å². The fourth-order valence-electron chi connectivity index (χ4n) is 3.98. The van der Waals surface area contributed by atoms with Crippen LogP contribution in [0.5, 0.6) is 0 Å². The molecule has 2 aromatic rings. The third-order valence-electron chi connectivity index (χ3n) is 6.00. The Morgan fingerprint density at radius 3 is 2.44 bits per heavy atom. The summed E-state index contributed by atoms with van der Waals surface area (Å²) in [6.45, 7) is 1.92. The monoisotopic (exact) mass is 451 g/mol. The van der Waals surface area contributed by atoms with E-state index in [9.17, 15) is 31.9 Å². The van der Waals surface area contributed by atoms with Gasteiger partial charge in [0.15, 0.2) is 0 Å². The number of alkyl halides is 3. The average molecular weight is 451 g/mol. The highest BCUT2D eigenvalue weighted by atomic mass is 19.4. The number of aryl methyl sites for hydroxylation is 1. The van der Waals surface area contributed by atoms with Crippen molar-refractivity contribution in [3.63, 3.8) is 0 Å². The van der Waals surface area contributed by atoms with Crippen molar-refractivity contribution < 1.29 is 31.9 Å². The molecular weight excluding hydrogens is 430 g/mol. The molecule has 2 aliphatic rings. The molecule has 1 aromatic carbocycles. The Balaban J connectivity index is 1.60. The van der Waals surface area contributed by atoms with Crippen molar-refractivity contribution >= 4 is 23.3 Å². The van der Waals surface area contributed by atoms with Crippen LogP contribution in [0.1, 0.15) is 57.8 Å². The normalized spacial score (nSPS) is 16.8. The molecule has 6 nitrogen and oxygen atoms in total. The molecule has 1 aliphatic heterocycles. The van der Waals surface area contributed by atoms with Crippen LogP contribution < -0.4 is 10.6 Å². The van der Waals surface area contributed by atoms with E-state index in [2.05, 4.69) is 5.32 Å². The summed E-state index contributed by atoms with van der Waals surface area (Å²) in [7, 11) is 0. The summed E-state index contributed by atoms with van der Waals surface area (Å²) in [5, 5.41) is 4.49. The molecule has 0 bridgehead atoms. The molecule has 0 radical (unpaired) electrons. The number of aromatic nitrogens is 1. The van der Waals surface area contributed by atoms with E-state index in [1.165, 1.54) is 28.8 Å². The van der Waals surface area contributed by atoms with Gasteiger partial charge in [0.1, 0.15) is 11.4 Å². The fraction of sp³-hybridized carbons (Fsp3) is 0.409. The van der Waals surface area contributed by atoms with Crippen molar-refractivity contribution in [3.05, 3.63) is 52.6 Å². The lowest BCUT2D eigenvalue weighted by Gasteiger charge is -2.21. The number of halogens is 4. The SMILES string of the molecule is Cc1cc(NC(=O)c2cc(C(=O)C(=O)NC3(C(F)(F)F)CC3)n3c2CCCC3)ccc1F. The number of benzene rings is 1. The van der Waals surface area contributed by atoms with Crippen LogP contribution in [0.4, 0.5) is 23.2 Å². The van der Waals surface area contributed by atoms with E-state index >= 15 is 0 Å². The summed E-state index contributed by atoms with van der Waals surface area (Å²) in [4.78, 5) is 38.0. The first-order valence-corrected chi connectivity index (χ1v) is 10.3. The van der Waals surface area contributed by atoms with E-state index in [1.54, 1.807) is 6.92 Å². The minimum atomic E-state index is -4.64. The van der Waals surface area contributed by atoms with E-state index in [-0.39, 0.29) is 24.1 Å². The molecule has 1 saturated carbocycles. The average Bonchev–Trinajstić information content (AvgIpc) is 3.42. The number of hydrogen-bond donors (Lipinski definition) is 2. The Morgan fingerprint density at radius 2 is 1.81 bits per heavy atom. The lowest BCUT2D eigenvalue weighted by molar-refractivity contribution is -0.169. The highest BCUT2D eigenvalue weighted by Gasteiger charge is 2.64. The van der Waals surface area contributed by atoms with Gasteiger partial charge in [0.05, 0.1) is 11.3 Å². The van der Waals surface area contributed by atoms with Crippen molar-refractivity contribution in [1.29, 1.82) is 0 Å². The van der Waals surface area contributed by atoms with E-state index in [4.69, 9.17) is 0 Å². The molecule has 0 saturated heterocycles. The number of carbonyl (C=O) groups is 3. The van der Waals surface area contributed by atoms with Gasteiger partial charge in [-0.05, 0) is 68.9 Å². The number of fused-ring (bicyclic) bond motifs is 1. The maximum Gasteiger partial charge on any atom is 0.411 e. The Bertz CT molecular complexity index is 1120. The van der Waals surface area contributed by atoms with Crippen LogP contribution in [-0.4, -0.2) is 33.9 Å². The smallest absolute Gasteiger partial charge is 0.341 e. The van der Waals surface area contributed by atoms with Crippen molar-refractivity contribution in [2.24, 2.45) is 0 Å². The van der Waals surface area contributed by atoms with Gasteiger partial charge in [-0.1, -0.05) is 0 Å². The van der Waals surface area contributed by atoms with Gasteiger partial charge in [-0.2, -0.15) is 13.2 Å². The van der Waals surface area contributed by atoms with Gasteiger partial charge in [0.2, 0.25) is 0 Å². The van der Waals surface area contributed by atoms with Crippen LogP contribution in [0.15, 0.2) is 24.3 Å². The molecule has 1 aromatic heterocycles. The highest BCUT2D eigenvalue weighted by molar-refractivity contribution is 6.42. The van der Waals surface area contributed by atoms with Gasteiger partial charge in [0.25, 0.3) is 17.6 Å². The van der Waals surface area contributed by atoms with Crippen LogP contribution in [0.25, 0.3) is 0 Å². The third-order valence-corrected chi connectivity index (χ3v) is 6.00. The molecule has 0 atom stereocenters. The molecule has 1 aliphatic carbocycles. The summed E-state index contributed by atoms with van der Waals surface area (Å²) < 4.78 is 54.5. The zero-order chi connectivity index (χ0) is 23.3. The van der Waals surface area contributed by atoms with Crippen molar-refractivity contribution in [2.45, 2.75) is 57.3 Å². The zero-order valence-electron chi connectivity index (χ0n) is 17.2. The third kappa shape index (κ3) is 3.89. The van der Waals surface area contributed by atoms with Gasteiger partial charge in [-0.3, -0.25) is 14.4 Å².